The topological polar surface area (TPSA) is 80.0 Å². The predicted molar refractivity (Wildman–Crippen MR) is 136 cm³/mol. The highest BCUT2D eigenvalue weighted by atomic mass is 32.1. The van der Waals surface area contributed by atoms with Gasteiger partial charge in [0.15, 0.2) is 6.61 Å². The van der Waals surface area contributed by atoms with Crippen molar-refractivity contribution in [3.8, 4) is 16.3 Å². The second kappa shape index (κ2) is 9.97. The first-order valence-corrected chi connectivity index (χ1v) is 12.4. The lowest BCUT2D eigenvalue weighted by atomic mass is 10.1. The van der Waals surface area contributed by atoms with E-state index in [0.717, 1.165) is 27.4 Å². The average molecular weight is 490 g/mol. The SMILES string of the molecule is Cc1ccc(OCC(=O)N2CCN(Cc3cc(=O)n4nc(-c5ccccc5C)sc4n3)CC2)cc1. The van der Waals surface area contributed by atoms with E-state index in [9.17, 15) is 9.59 Å². The summed E-state index contributed by atoms with van der Waals surface area (Å²) < 4.78 is 7.01. The minimum atomic E-state index is -0.178. The van der Waals surface area contributed by atoms with Crippen LogP contribution in [0.2, 0.25) is 0 Å². The van der Waals surface area contributed by atoms with Crippen molar-refractivity contribution in [2.75, 3.05) is 32.8 Å². The normalized spacial score (nSPS) is 14.4. The van der Waals surface area contributed by atoms with Crippen molar-refractivity contribution in [1.29, 1.82) is 0 Å². The maximum absolute atomic E-state index is 12.7. The number of nitrogens with zero attached hydrogens (tertiary/aromatic N) is 5. The third-order valence-electron chi connectivity index (χ3n) is 6.17. The lowest BCUT2D eigenvalue weighted by Gasteiger charge is -2.34. The molecular weight excluding hydrogens is 462 g/mol. The molecule has 0 atom stereocenters. The molecule has 1 amide bonds. The van der Waals surface area contributed by atoms with Crippen LogP contribution < -0.4 is 10.3 Å². The van der Waals surface area contributed by atoms with Crippen molar-refractivity contribution in [1.82, 2.24) is 24.4 Å². The Morgan fingerprint density at radius 2 is 1.77 bits per heavy atom. The quantitative estimate of drug-likeness (QED) is 0.414. The maximum Gasteiger partial charge on any atom is 0.275 e. The average Bonchev–Trinajstić information content (AvgIpc) is 3.29. The number of hydrogen-bond donors (Lipinski definition) is 0. The van der Waals surface area contributed by atoms with Gasteiger partial charge in [-0.2, -0.15) is 9.61 Å². The van der Waals surface area contributed by atoms with Crippen LogP contribution in [0.3, 0.4) is 0 Å². The van der Waals surface area contributed by atoms with Crippen LogP contribution in [0.4, 0.5) is 0 Å². The van der Waals surface area contributed by atoms with Gasteiger partial charge < -0.3 is 9.64 Å². The first kappa shape index (κ1) is 23.2. The number of carbonyl (C=O) groups is 1. The molecule has 0 aliphatic carbocycles. The molecular formula is C26H27N5O3S. The van der Waals surface area contributed by atoms with Crippen LogP contribution in [-0.4, -0.2) is 63.1 Å². The van der Waals surface area contributed by atoms with E-state index in [1.165, 1.54) is 15.9 Å². The molecule has 0 N–H and O–H groups in total. The number of benzene rings is 2. The fraction of sp³-hybridized carbons (Fsp3) is 0.308. The van der Waals surface area contributed by atoms with Crippen LogP contribution in [0.5, 0.6) is 5.75 Å². The second-order valence-electron chi connectivity index (χ2n) is 8.76. The van der Waals surface area contributed by atoms with E-state index in [4.69, 9.17) is 9.72 Å². The molecule has 1 fully saturated rings. The molecule has 180 valence electrons. The first-order valence-electron chi connectivity index (χ1n) is 11.6. The summed E-state index contributed by atoms with van der Waals surface area (Å²) in [4.78, 5) is 34.6. The van der Waals surface area contributed by atoms with Gasteiger partial charge in [-0.15, -0.1) is 0 Å². The summed E-state index contributed by atoms with van der Waals surface area (Å²) in [6.07, 6.45) is 0. The molecule has 1 saturated heterocycles. The highest BCUT2D eigenvalue weighted by Gasteiger charge is 2.22. The standard InChI is InChI=1S/C26H27N5O3S/c1-18-7-9-21(10-8-18)34-17-24(33)30-13-11-29(12-14-30)16-20-15-23(32)31-26(27-20)35-25(28-31)22-6-4-3-5-19(22)2/h3-10,15H,11-14,16-17H2,1-2H3. The smallest absolute Gasteiger partial charge is 0.275 e. The molecule has 4 aromatic rings. The summed E-state index contributed by atoms with van der Waals surface area (Å²) in [5.41, 5.74) is 3.81. The van der Waals surface area contributed by atoms with Gasteiger partial charge in [0.05, 0.1) is 5.69 Å². The molecule has 0 spiro atoms. The van der Waals surface area contributed by atoms with Crippen molar-refractivity contribution in [2.24, 2.45) is 0 Å². The van der Waals surface area contributed by atoms with Gasteiger partial charge in [-0.3, -0.25) is 14.5 Å². The van der Waals surface area contributed by atoms with Crippen LogP contribution in [0, 0.1) is 13.8 Å². The van der Waals surface area contributed by atoms with Gasteiger partial charge in [-0.05, 0) is 31.5 Å². The fourth-order valence-electron chi connectivity index (χ4n) is 4.11. The number of aromatic nitrogens is 3. The molecule has 1 aliphatic heterocycles. The summed E-state index contributed by atoms with van der Waals surface area (Å²) in [5, 5.41) is 5.28. The minimum absolute atomic E-state index is 0.0172. The van der Waals surface area contributed by atoms with Crippen molar-refractivity contribution in [3.63, 3.8) is 0 Å². The Hall–Kier alpha value is -3.56. The molecule has 35 heavy (non-hydrogen) atoms. The Balaban J connectivity index is 1.19. The summed E-state index contributed by atoms with van der Waals surface area (Å²) >= 11 is 1.42. The van der Waals surface area contributed by atoms with Crippen LogP contribution in [0.25, 0.3) is 15.5 Å². The van der Waals surface area contributed by atoms with E-state index < -0.39 is 0 Å². The molecule has 3 heterocycles. The molecule has 2 aromatic carbocycles. The van der Waals surface area contributed by atoms with E-state index in [0.29, 0.717) is 43.4 Å². The molecule has 9 heteroatoms. The van der Waals surface area contributed by atoms with Gasteiger partial charge in [0.25, 0.3) is 11.5 Å². The van der Waals surface area contributed by atoms with Crippen molar-refractivity contribution in [2.45, 2.75) is 20.4 Å². The summed E-state index contributed by atoms with van der Waals surface area (Å²) in [6.45, 7) is 7.31. The third-order valence-corrected chi connectivity index (χ3v) is 7.11. The van der Waals surface area contributed by atoms with Gasteiger partial charge >= 0.3 is 0 Å². The van der Waals surface area contributed by atoms with Crippen molar-refractivity contribution < 1.29 is 9.53 Å². The van der Waals surface area contributed by atoms with E-state index in [1.54, 1.807) is 6.07 Å². The van der Waals surface area contributed by atoms with Gasteiger partial charge in [0.1, 0.15) is 10.8 Å². The van der Waals surface area contributed by atoms with Crippen molar-refractivity contribution >= 4 is 22.2 Å². The molecule has 5 rings (SSSR count). The molecule has 2 aromatic heterocycles. The number of rotatable bonds is 6. The minimum Gasteiger partial charge on any atom is -0.484 e. The van der Waals surface area contributed by atoms with Crippen molar-refractivity contribution in [3.05, 3.63) is 81.8 Å². The number of piperazine rings is 1. The Kier molecular flexibility index (Phi) is 6.61. The second-order valence-corrected chi connectivity index (χ2v) is 9.72. The summed E-state index contributed by atoms with van der Waals surface area (Å²) in [6, 6.07) is 17.2. The van der Waals surface area contributed by atoms with Crippen LogP contribution in [0.1, 0.15) is 16.8 Å². The Morgan fingerprint density at radius 3 is 2.51 bits per heavy atom. The monoisotopic (exact) mass is 489 g/mol. The highest BCUT2D eigenvalue weighted by molar-refractivity contribution is 7.19. The lowest BCUT2D eigenvalue weighted by Crippen LogP contribution is -2.49. The maximum atomic E-state index is 12.7. The van der Waals surface area contributed by atoms with E-state index >= 15 is 0 Å². The number of aryl methyl sites for hydroxylation is 2. The number of fused-ring (bicyclic) bond motifs is 1. The van der Waals surface area contributed by atoms with Gasteiger partial charge in [-0.1, -0.05) is 53.3 Å². The van der Waals surface area contributed by atoms with Crippen LogP contribution >= 0.6 is 11.3 Å². The lowest BCUT2D eigenvalue weighted by molar-refractivity contribution is -0.135. The number of ether oxygens (including phenoxy) is 1. The fourth-order valence-corrected chi connectivity index (χ4v) is 5.13. The van der Waals surface area contributed by atoms with Crippen LogP contribution in [-0.2, 0) is 11.3 Å². The third kappa shape index (κ3) is 5.26. The summed E-state index contributed by atoms with van der Waals surface area (Å²) in [5.74, 6) is 0.681. The zero-order chi connectivity index (χ0) is 24.4. The van der Waals surface area contributed by atoms with Gasteiger partial charge in [0.2, 0.25) is 4.96 Å². The molecule has 0 bridgehead atoms. The van der Waals surface area contributed by atoms with E-state index in [1.807, 2.05) is 67.3 Å². The number of carbonyl (C=O) groups excluding carboxylic acids is 1. The summed E-state index contributed by atoms with van der Waals surface area (Å²) in [7, 11) is 0. The van der Waals surface area contributed by atoms with Crippen LogP contribution in [0.15, 0.2) is 59.4 Å². The predicted octanol–water partition coefficient (Wildman–Crippen LogP) is 3.16. The largest absolute Gasteiger partial charge is 0.484 e. The van der Waals surface area contributed by atoms with Gasteiger partial charge in [0, 0.05) is 44.4 Å². The molecule has 8 nitrogen and oxygen atoms in total. The zero-order valence-corrected chi connectivity index (χ0v) is 20.6. The highest BCUT2D eigenvalue weighted by Crippen LogP contribution is 2.27. The zero-order valence-electron chi connectivity index (χ0n) is 19.8. The Bertz CT molecular complexity index is 1400. The number of hydrogen-bond acceptors (Lipinski definition) is 7. The molecule has 0 radical (unpaired) electrons. The molecule has 0 unspecified atom stereocenters. The molecule has 1 aliphatic rings. The number of amides is 1. The van der Waals surface area contributed by atoms with Gasteiger partial charge in [-0.25, -0.2) is 4.98 Å². The van der Waals surface area contributed by atoms with E-state index in [2.05, 4.69) is 10.00 Å². The first-order chi connectivity index (χ1) is 17.0. The Morgan fingerprint density at radius 1 is 1.03 bits per heavy atom. The van der Waals surface area contributed by atoms with E-state index in [-0.39, 0.29) is 18.1 Å². The molecule has 0 saturated carbocycles. The Labute approximate surface area is 207 Å².